The van der Waals surface area contributed by atoms with Gasteiger partial charge < -0.3 is 10.4 Å². The normalized spacial score (nSPS) is 12.2. The molecular weight excluding hydrogens is 299 g/mol. The summed E-state index contributed by atoms with van der Waals surface area (Å²) in [6.07, 6.45) is -3.80. The number of nitrogens with one attached hydrogen (secondary N) is 1. The molecule has 0 saturated carbocycles. The minimum Gasteiger partial charge on any atom is -0.478 e. The number of rotatable bonds is 5. The van der Waals surface area contributed by atoms with Gasteiger partial charge in [0.05, 0.1) is 16.9 Å². The van der Waals surface area contributed by atoms with E-state index in [1.54, 1.807) is 0 Å². The Morgan fingerprint density at radius 3 is 2.40 bits per heavy atom. The third kappa shape index (κ3) is 4.72. The molecule has 0 atom stereocenters. The number of halogens is 3. The molecule has 2 N–H and O–H groups in total. The Morgan fingerprint density at radius 2 is 1.95 bits per heavy atom. The third-order valence-electron chi connectivity index (χ3n) is 2.36. The molecule has 112 valence electrons. The van der Waals surface area contributed by atoms with Crippen molar-refractivity contribution < 1.29 is 31.5 Å². The fourth-order valence-corrected chi connectivity index (χ4v) is 1.93. The molecule has 9 heteroatoms. The number of hydrogen-bond acceptors (Lipinski definition) is 4. The number of sulfone groups is 1. The molecule has 0 amide bonds. The lowest BCUT2D eigenvalue weighted by Crippen LogP contribution is -2.16. The van der Waals surface area contributed by atoms with E-state index in [0.29, 0.717) is 6.07 Å². The highest BCUT2D eigenvalue weighted by Gasteiger charge is 2.35. The second-order valence-electron chi connectivity index (χ2n) is 4.12. The van der Waals surface area contributed by atoms with Crippen molar-refractivity contribution in [1.82, 2.24) is 0 Å². The SMILES string of the molecule is CS(=O)(=O)CCNc1ccc(C(=O)O)c(C(F)(F)F)c1. The number of benzene rings is 1. The van der Waals surface area contributed by atoms with E-state index in [1.165, 1.54) is 0 Å². The summed E-state index contributed by atoms with van der Waals surface area (Å²) in [5.41, 5.74) is -2.13. The molecule has 0 heterocycles. The van der Waals surface area contributed by atoms with Crippen LogP contribution >= 0.6 is 0 Å². The van der Waals surface area contributed by atoms with Gasteiger partial charge in [-0.3, -0.25) is 0 Å². The van der Waals surface area contributed by atoms with E-state index in [1.807, 2.05) is 0 Å². The van der Waals surface area contributed by atoms with E-state index in [2.05, 4.69) is 5.32 Å². The topological polar surface area (TPSA) is 83.5 Å². The molecule has 1 aromatic carbocycles. The largest absolute Gasteiger partial charge is 0.478 e. The number of carboxylic acid groups (broad SMARTS) is 1. The molecule has 5 nitrogen and oxygen atoms in total. The standard InChI is InChI=1S/C11H12F3NO4S/c1-20(18,19)5-4-15-7-2-3-8(10(16)17)9(6-7)11(12,13)14/h2-3,6,15H,4-5H2,1H3,(H,16,17). The Morgan fingerprint density at radius 1 is 1.35 bits per heavy atom. The van der Waals surface area contributed by atoms with Crippen LogP contribution in [0.1, 0.15) is 15.9 Å². The summed E-state index contributed by atoms with van der Waals surface area (Å²) in [5.74, 6) is -1.92. The van der Waals surface area contributed by atoms with E-state index in [-0.39, 0.29) is 18.0 Å². The Kier molecular flexibility index (Phi) is 4.64. The molecule has 0 bridgehead atoms. The molecule has 0 fully saturated rings. The zero-order valence-electron chi connectivity index (χ0n) is 10.4. The van der Waals surface area contributed by atoms with Gasteiger partial charge in [-0.15, -0.1) is 0 Å². The van der Waals surface area contributed by atoms with Crippen LogP contribution in [0.4, 0.5) is 18.9 Å². The first-order valence-corrected chi connectivity index (χ1v) is 7.43. The van der Waals surface area contributed by atoms with E-state index in [4.69, 9.17) is 5.11 Å². The van der Waals surface area contributed by atoms with Crippen molar-refractivity contribution in [2.24, 2.45) is 0 Å². The van der Waals surface area contributed by atoms with Crippen molar-refractivity contribution in [3.63, 3.8) is 0 Å². The van der Waals surface area contributed by atoms with Gasteiger partial charge in [-0.1, -0.05) is 0 Å². The van der Waals surface area contributed by atoms with Crippen LogP contribution in [0, 0.1) is 0 Å². The number of carbonyl (C=O) groups is 1. The van der Waals surface area contributed by atoms with Gasteiger partial charge in [0.15, 0.2) is 0 Å². The molecular formula is C11H12F3NO4S. The summed E-state index contributed by atoms with van der Waals surface area (Å²) in [6, 6.07) is 2.63. The minimum atomic E-state index is -4.80. The third-order valence-corrected chi connectivity index (χ3v) is 3.30. The van der Waals surface area contributed by atoms with Crippen LogP contribution < -0.4 is 5.32 Å². The number of anilines is 1. The van der Waals surface area contributed by atoms with Gasteiger partial charge in [0, 0.05) is 18.5 Å². The van der Waals surface area contributed by atoms with Crippen molar-refractivity contribution in [2.45, 2.75) is 6.18 Å². The van der Waals surface area contributed by atoms with Gasteiger partial charge in [-0.05, 0) is 18.2 Å². The summed E-state index contributed by atoms with van der Waals surface area (Å²) < 4.78 is 59.9. The summed E-state index contributed by atoms with van der Waals surface area (Å²) in [5, 5.41) is 11.2. The Bertz CT molecular complexity index is 611. The van der Waals surface area contributed by atoms with Crippen molar-refractivity contribution in [1.29, 1.82) is 0 Å². The molecule has 0 unspecified atom stereocenters. The number of aromatic carboxylic acids is 1. The highest BCUT2D eigenvalue weighted by Crippen LogP contribution is 2.33. The van der Waals surface area contributed by atoms with Gasteiger partial charge in [0.25, 0.3) is 0 Å². The van der Waals surface area contributed by atoms with E-state index in [9.17, 15) is 26.4 Å². The fourth-order valence-electron chi connectivity index (χ4n) is 1.46. The number of hydrogen-bond donors (Lipinski definition) is 2. The van der Waals surface area contributed by atoms with Crippen molar-refractivity contribution >= 4 is 21.5 Å². The highest BCUT2D eigenvalue weighted by molar-refractivity contribution is 7.90. The van der Waals surface area contributed by atoms with Crippen molar-refractivity contribution in [3.05, 3.63) is 29.3 Å². The minimum absolute atomic E-state index is 0.00553. The number of alkyl halides is 3. The first-order chi connectivity index (χ1) is 9.00. The van der Waals surface area contributed by atoms with Gasteiger partial charge in [0.2, 0.25) is 0 Å². The van der Waals surface area contributed by atoms with Gasteiger partial charge >= 0.3 is 12.1 Å². The summed E-state index contributed by atoms with van der Waals surface area (Å²) in [4.78, 5) is 10.7. The lowest BCUT2D eigenvalue weighted by atomic mass is 10.1. The molecule has 0 spiro atoms. The van der Waals surface area contributed by atoms with Gasteiger partial charge in [0.1, 0.15) is 9.84 Å². The number of carboxylic acids is 1. The fraction of sp³-hybridized carbons (Fsp3) is 0.364. The average molecular weight is 311 g/mol. The molecule has 0 aliphatic rings. The van der Waals surface area contributed by atoms with Crippen LogP contribution in [-0.2, 0) is 16.0 Å². The van der Waals surface area contributed by atoms with Crippen LogP contribution in [0.3, 0.4) is 0 Å². The smallest absolute Gasteiger partial charge is 0.417 e. The van der Waals surface area contributed by atoms with Crippen molar-refractivity contribution in [3.8, 4) is 0 Å². The molecule has 0 radical (unpaired) electrons. The quantitative estimate of drug-likeness (QED) is 0.867. The lowest BCUT2D eigenvalue weighted by molar-refractivity contribution is -0.138. The predicted octanol–water partition coefficient (Wildman–Crippen LogP) is 1.86. The maximum absolute atomic E-state index is 12.7. The Balaban J connectivity index is 2.99. The molecule has 1 rings (SSSR count). The van der Waals surface area contributed by atoms with Gasteiger partial charge in [-0.25, -0.2) is 13.2 Å². The summed E-state index contributed by atoms with van der Waals surface area (Å²) >= 11 is 0. The molecule has 1 aromatic rings. The average Bonchev–Trinajstić information content (AvgIpc) is 2.25. The monoisotopic (exact) mass is 311 g/mol. The van der Waals surface area contributed by atoms with Crippen LogP contribution in [0.15, 0.2) is 18.2 Å². The highest BCUT2D eigenvalue weighted by atomic mass is 32.2. The Hall–Kier alpha value is -1.77. The van der Waals surface area contributed by atoms with Crippen LogP contribution in [0.2, 0.25) is 0 Å². The van der Waals surface area contributed by atoms with E-state index < -0.39 is 33.1 Å². The second kappa shape index (κ2) is 5.70. The van der Waals surface area contributed by atoms with E-state index in [0.717, 1.165) is 18.4 Å². The zero-order valence-corrected chi connectivity index (χ0v) is 11.2. The zero-order chi connectivity index (χ0) is 15.6. The van der Waals surface area contributed by atoms with Gasteiger partial charge in [-0.2, -0.15) is 13.2 Å². The molecule has 0 aromatic heterocycles. The lowest BCUT2D eigenvalue weighted by Gasteiger charge is -2.13. The molecule has 0 aliphatic carbocycles. The molecule has 0 saturated heterocycles. The van der Waals surface area contributed by atoms with Crippen molar-refractivity contribution in [2.75, 3.05) is 23.9 Å². The maximum Gasteiger partial charge on any atom is 0.417 e. The predicted molar refractivity (Wildman–Crippen MR) is 66.6 cm³/mol. The molecule has 20 heavy (non-hydrogen) atoms. The summed E-state index contributed by atoms with van der Waals surface area (Å²) in [7, 11) is -3.23. The van der Waals surface area contributed by atoms with Crippen LogP contribution in [0.5, 0.6) is 0 Å². The first-order valence-electron chi connectivity index (χ1n) is 5.37. The van der Waals surface area contributed by atoms with E-state index >= 15 is 0 Å². The second-order valence-corrected chi connectivity index (χ2v) is 6.38. The summed E-state index contributed by atoms with van der Waals surface area (Å²) in [6.45, 7) is -0.0669. The van der Waals surface area contributed by atoms with Crippen LogP contribution in [0.25, 0.3) is 0 Å². The van der Waals surface area contributed by atoms with Crippen LogP contribution in [-0.4, -0.2) is 38.0 Å². The Labute approximate surface area is 113 Å². The first kappa shape index (κ1) is 16.3. The maximum atomic E-state index is 12.7. The molecule has 0 aliphatic heterocycles.